The quantitative estimate of drug-likeness (QED) is 0.579. The Morgan fingerprint density at radius 2 is 2.15 bits per heavy atom. The molecule has 1 saturated heterocycles. The minimum absolute atomic E-state index is 0.300. The molecule has 7 nitrogen and oxygen atoms in total. The minimum atomic E-state index is 0.300. The van der Waals surface area contributed by atoms with Gasteiger partial charge >= 0.3 is 0 Å². The Hall–Kier alpha value is -2.93. The molecule has 7 heteroatoms. The second-order valence-electron chi connectivity index (χ2n) is 6.83. The van der Waals surface area contributed by atoms with E-state index in [0.29, 0.717) is 18.2 Å². The standard InChI is InChI=1S/C19H20N6O/c1-2-4-16-15(3-1)14(10-22-16)9-18-23-24-19(26-18)13-5-8-25(11-13)12-17-20-6-7-21-17/h1-4,6-7,10,13,22H,5,8-9,11-12H2,(H,20,21)/t13-/m0/s1. The van der Waals surface area contributed by atoms with Gasteiger partial charge in [-0.2, -0.15) is 0 Å². The monoisotopic (exact) mass is 348 g/mol. The zero-order valence-corrected chi connectivity index (χ0v) is 14.4. The van der Waals surface area contributed by atoms with Crippen LogP contribution in [0.3, 0.4) is 0 Å². The lowest BCUT2D eigenvalue weighted by atomic mass is 10.1. The van der Waals surface area contributed by atoms with Crippen LogP contribution in [0.25, 0.3) is 10.9 Å². The predicted molar refractivity (Wildman–Crippen MR) is 96.6 cm³/mol. The molecule has 4 heterocycles. The van der Waals surface area contributed by atoms with Gasteiger partial charge in [0.1, 0.15) is 5.82 Å². The van der Waals surface area contributed by atoms with Crippen molar-refractivity contribution in [1.82, 2.24) is 30.0 Å². The molecule has 0 aliphatic carbocycles. The maximum absolute atomic E-state index is 5.99. The summed E-state index contributed by atoms with van der Waals surface area (Å²) in [6.45, 7) is 2.78. The number of nitrogens with one attached hydrogen (secondary N) is 2. The van der Waals surface area contributed by atoms with E-state index in [2.05, 4.69) is 42.2 Å². The highest BCUT2D eigenvalue weighted by Gasteiger charge is 2.28. The molecule has 0 unspecified atom stereocenters. The van der Waals surface area contributed by atoms with E-state index in [0.717, 1.165) is 43.3 Å². The highest BCUT2D eigenvalue weighted by molar-refractivity contribution is 5.83. The predicted octanol–water partition coefficient (Wildman–Crippen LogP) is 2.85. The number of likely N-dealkylation sites (tertiary alicyclic amines) is 1. The normalized spacial score (nSPS) is 18.1. The third-order valence-electron chi connectivity index (χ3n) is 5.05. The second-order valence-corrected chi connectivity index (χ2v) is 6.83. The lowest BCUT2D eigenvalue weighted by molar-refractivity contribution is 0.311. The van der Waals surface area contributed by atoms with E-state index in [4.69, 9.17) is 4.42 Å². The molecule has 132 valence electrons. The second kappa shape index (κ2) is 6.42. The first-order valence-electron chi connectivity index (χ1n) is 8.93. The SMILES string of the molecule is c1ccc2c(Cc3nnc([C@H]4CCN(Cc5ncc[nH]5)C4)o3)c[nH]c2c1. The fourth-order valence-electron chi connectivity index (χ4n) is 3.72. The van der Waals surface area contributed by atoms with Crippen molar-refractivity contribution >= 4 is 10.9 Å². The zero-order chi connectivity index (χ0) is 17.3. The fraction of sp³-hybridized carbons (Fsp3) is 0.316. The first kappa shape index (κ1) is 15.3. The van der Waals surface area contributed by atoms with Crippen molar-refractivity contribution in [1.29, 1.82) is 0 Å². The number of benzene rings is 1. The highest BCUT2D eigenvalue weighted by atomic mass is 16.4. The number of aromatic amines is 2. The Morgan fingerprint density at radius 1 is 1.19 bits per heavy atom. The molecule has 5 rings (SSSR count). The van der Waals surface area contributed by atoms with E-state index in [-0.39, 0.29) is 0 Å². The van der Waals surface area contributed by atoms with Crippen LogP contribution in [-0.4, -0.2) is 43.1 Å². The first-order valence-corrected chi connectivity index (χ1v) is 8.93. The number of para-hydroxylation sites is 1. The van der Waals surface area contributed by atoms with Crippen molar-refractivity contribution in [3.8, 4) is 0 Å². The van der Waals surface area contributed by atoms with Gasteiger partial charge in [0.05, 0.1) is 18.9 Å². The largest absolute Gasteiger partial charge is 0.425 e. The van der Waals surface area contributed by atoms with Crippen LogP contribution in [0.4, 0.5) is 0 Å². The Morgan fingerprint density at radius 3 is 3.08 bits per heavy atom. The van der Waals surface area contributed by atoms with Crippen LogP contribution in [0.1, 0.15) is 35.5 Å². The maximum atomic E-state index is 5.99. The topological polar surface area (TPSA) is 86.6 Å². The van der Waals surface area contributed by atoms with Crippen molar-refractivity contribution in [2.24, 2.45) is 0 Å². The maximum Gasteiger partial charge on any atom is 0.221 e. The van der Waals surface area contributed by atoms with Gasteiger partial charge in [0.15, 0.2) is 0 Å². The molecule has 0 spiro atoms. The number of nitrogens with zero attached hydrogens (tertiary/aromatic N) is 4. The van der Waals surface area contributed by atoms with Crippen LogP contribution >= 0.6 is 0 Å². The first-order chi connectivity index (χ1) is 12.8. The van der Waals surface area contributed by atoms with Crippen LogP contribution < -0.4 is 0 Å². The van der Waals surface area contributed by atoms with Gasteiger partial charge in [-0.1, -0.05) is 18.2 Å². The minimum Gasteiger partial charge on any atom is -0.425 e. The van der Waals surface area contributed by atoms with E-state index in [1.54, 1.807) is 6.20 Å². The van der Waals surface area contributed by atoms with Gasteiger partial charge in [-0.15, -0.1) is 10.2 Å². The summed E-state index contributed by atoms with van der Waals surface area (Å²) < 4.78 is 5.99. The zero-order valence-electron chi connectivity index (χ0n) is 14.4. The summed E-state index contributed by atoms with van der Waals surface area (Å²) in [7, 11) is 0. The molecule has 0 amide bonds. The Bertz CT molecular complexity index is 1000. The van der Waals surface area contributed by atoms with Crippen molar-refractivity contribution in [3.63, 3.8) is 0 Å². The summed E-state index contributed by atoms with van der Waals surface area (Å²) in [6, 6.07) is 8.26. The molecule has 1 aromatic carbocycles. The molecule has 1 atom stereocenters. The molecule has 0 bridgehead atoms. The summed E-state index contributed by atoms with van der Waals surface area (Å²) >= 11 is 0. The number of H-pyrrole nitrogens is 2. The third kappa shape index (κ3) is 2.90. The van der Waals surface area contributed by atoms with Crippen molar-refractivity contribution in [3.05, 3.63) is 66.0 Å². The van der Waals surface area contributed by atoms with Gasteiger partial charge in [-0.25, -0.2) is 4.98 Å². The third-order valence-corrected chi connectivity index (χ3v) is 5.05. The summed E-state index contributed by atoms with van der Waals surface area (Å²) in [5, 5.41) is 9.80. The van der Waals surface area contributed by atoms with Crippen LogP contribution in [0.15, 0.2) is 47.3 Å². The van der Waals surface area contributed by atoms with Crippen molar-refractivity contribution in [2.75, 3.05) is 13.1 Å². The number of hydrogen-bond acceptors (Lipinski definition) is 5. The lowest BCUT2D eigenvalue weighted by Crippen LogP contribution is -2.20. The van der Waals surface area contributed by atoms with Crippen LogP contribution in [0.5, 0.6) is 0 Å². The van der Waals surface area contributed by atoms with E-state index in [9.17, 15) is 0 Å². The van der Waals surface area contributed by atoms with Gasteiger partial charge in [0, 0.05) is 36.0 Å². The van der Waals surface area contributed by atoms with Crippen LogP contribution in [0.2, 0.25) is 0 Å². The number of rotatable bonds is 5. The molecule has 1 aliphatic heterocycles. The van der Waals surface area contributed by atoms with Gasteiger partial charge < -0.3 is 14.4 Å². The molecule has 0 radical (unpaired) electrons. The average molecular weight is 348 g/mol. The molecule has 1 aliphatic rings. The molecule has 1 fully saturated rings. The fourth-order valence-corrected chi connectivity index (χ4v) is 3.72. The van der Waals surface area contributed by atoms with E-state index in [1.165, 1.54) is 10.9 Å². The van der Waals surface area contributed by atoms with Gasteiger partial charge in [0.25, 0.3) is 0 Å². The molecule has 26 heavy (non-hydrogen) atoms. The number of hydrogen-bond donors (Lipinski definition) is 2. The highest BCUT2D eigenvalue weighted by Crippen LogP contribution is 2.28. The average Bonchev–Trinajstić information content (AvgIpc) is 3.43. The Labute approximate surface area is 150 Å². The molecular formula is C19H20N6O. The van der Waals surface area contributed by atoms with Gasteiger partial charge in [0.2, 0.25) is 11.8 Å². The summed E-state index contributed by atoms with van der Waals surface area (Å²) in [4.78, 5) is 13.1. The summed E-state index contributed by atoms with van der Waals surface area (Å²) in [6.07, 6.45) is 7.36. The number of fused-ring (bicyclic) bond motifs is 1. The lowest BCUT2D eigenvalue weighted by Gasteiger charge is -2.12. The van der Waals surface area contributed by atoms with Gasteiger partial charge in [-0.3, -0.25) is 4.90 Å². The van der Waals surface area contributed by atoms with E-state index in [1.807, 2.05) is 24.5 Å². The summed E-state index contributed by atoms with van der Waals surface area (Å²) in [5.41, 5.74) is 2.31. The molecule has 2 N–H and O–H groups in total. The Kier molecular flexibility index (Phi) is 3.79. The van der Waals surface area contributed by atoms with E-state index < -0.39 is 0 Å². The number of aromatic nitrogens is 5. The smallest absolute Gasteiger partial charge is 0.221 e. The Balaban J connectivity index is 1.27. The van der Waals surface area contributed by atoms with Crippen molar-refractivity contribution in [2.45, 2.75) is 25.3 Å². The molecule has 3 aromatic heterocycles. The van der Waals surface area contributed by atoms with Gasteiger partial charge in [-0.05, 0) is 24.6 Å². The van der Waals surface area contributed by atoms with Crippen molar-refractivity contribution < 1.29 is 4.42 Å². The molecule has 0 saturated carbocycles. The van der Waals surface area contributed by atoms with Crippen LogP contribution in [-0.2, 0) is 13.0 Å². The van der Waals surface area contributed by atoms with E-state index >= 15 is 0 Å². The summed E-state index contributed by atoms with van der Waals surface area (Å²) in [5.74, 6) is 2.72. The molecular weight excluding hydrogens is 328 g/mol. The number of imidazole rings is 1. The van der Waals surface area contributed by atoms with Crippen LogP contribution in [0, 0.1) is 0 Å². The molecule has 4 aromatic rings.